The van der Waals surface area contributed by atoms with Gasteiger partial charge in [-0.25, -0.2) is 8.78 Å². The number of carbonyl (C=O) groups is 2. The third-order valence-electron chi connectivity index (χ3n) is 5.30. The molecule has 2 fully saturated rings. The molecule has 2 amide bonds. The number of carbonyl (C=O) groups excluding carboxylic acids is 2. The molecule has 1 unspecified atom stereocenters. The summed E-state index contributed by atoms with van der Waals surface area (Å²) in [6.45, 7) is 5.27. The van der Waals surface area contributed by atoms with Gasteiger partial charge in [0.2, 0.25) is 5.91 Å². The van der Waals surface area contributed by atoms with E-state index < -0.39 is 17.5 Å². The van der Waals surface area contributed by atoms with Gasteiger partial charge in [-0.05, 0) is 38.3 Å². The summed E-state index contributed by atoms with van der Waals surface area (Å²) in [5.74, 6) is -1.83. The van der Waals surface area contributed by atoms with Crippen molar-refractivity contribution in [3.8, 4) is 0 Å². The number of nitrogens with zero attached hydrogens (tertiary/aromatic N) is 3. The molecule has 0 aromatic heterocycles. The van der Waals surface area contributed by atoms with Crippen LogP contribution in [0.1, 0.15) is 36.5 Å². The van der Waals surface area contributed by atoms with Crippen LogP contribution in [0.3, 0.4) is 0 Å². The van der Waals surface area contributed by atoms with Crippen LogP contribution in [0, 0.1) is 11.6 Å². The van der Waals surface area contributed by atoms with E-state index in [4.69, 9.17) is 0 Å². The lowest BCUT2D eigenvalue weighted by Crippen LogP contribution is -2.53. The lowest BCUT2D eigenvalue weighted by molar-refractivity contribution is -0.136. The second kappa shape index (κ2) is 8.12. The number of piperidine rings is 1. The van der Waals surface area contributed by atoms with Crippen molar-refractivity contribution in [3.05, 3.63) is 35.4 Å². The first-order valence-corrected chi connectivity index (χ1v) is 9.22. The zero-order valence-electron chi connectivity index (χ0n) is 15.1. The molecule has 0 N–H and O–H groups in total. The quantitative estimate of drug-likeness (QED) is 0.824. The largest absolute Gasteiger partial charge is 0.339 e. The highest BCUT2D eigenvalue weighted by Gasteiger charge is 2.28. The molecule has 1 aromatic carbocycles. The molecule has 1 atom stereocenters. The molecule has 0 spiro atoms. The zero-order valence-corrected chi connectivity index (χ0v) is 15.1. The Labute approximate surface area is 152 Å². The smallest absolute Gasteiger partial charge is 0.256 e. The summed E-state index contributed by atoms with van der Waals surface area (Å²) in [5.41, 5.74) is -0.113. The van der Waals surface area contributed by atoms with Crippen molar-refractivity contribution in [2.75, 3.05) is 39.3 Å². The molecule has 3 rings (SSSR count). The number of hydrogen-bond acceptors (Lipinski definition) is 3. The number of halogens is 2. The summed E-state index contributed by atoms with van der Waals surface area (Å²) in [6.07, 6.45) is 3.28. The van der Waals surface area contributed by atoms with Crippen LogP contribution in [0.4, 0.5) is 8.78 Å². The van der Waals surface area contributed by atoms with Gasteiger partial charge in [0.1, 0.15) is 11.6 Å². The molecule has 2 aliphatic heterocycles. The van der Waals surface area contributed by atoms with Crippen molar-refractivity contribution < 1.29 is 18.4 Å². The van der Waals surface area contributed by atoms with Gasteiger partial charge >= 0.3 is 0 Å². The summed E-state index contributed by atoms with van der Waals surface area (Å²) >= 11 is 0. The number of likely N-dealkylation sites (tertiary alicyclic amines) is 1. The minimum Gasteiger partial charge on any atom is -0.339 e. The Morgan fingerprint density at radius 2 is 1.81 bits per heavy atom. The number of benzene rings is 1. The number of hydrogen-bond donors (Lipinski definition) is 0. The van der Waals surface area contributed by atoms with E-state index >= 15 is 0 Å². The zero-order chi connectivity index (χ0) is 18.7. The van der Waals surface area contributed by atoms with Crippen LogP contribution >= 0.6 is 0 Å². The molecular formula is C19H25F2N3O2. The van der Waals surface area contributed by atoms with Crippen LogP contribution in [0.25, 0.3) is 0 Å². The summed E-state index contributed by atoms with van der Waals surface area (Å²) in [4.78, 5) is 30.5. The lowest BCUT2D eigenvalue weighted by Gasteiger charge is -2.38. The maximum absolute atomic E-state index is 13.8. The van der Waals surface area contributed by atoms with Crippen molar-refractivity contribution in [2.45, 2.75) is 32.2 Å². The van der Waals surface area contributed by atoms with Crippen LogP contribution < -0.4 is 0 Å². The SMILES string of the molecule is CC1CCCCN1C(=O)CN1CCN(C(=O)c2ccc(F)cc2F)CC1. The molecule has 5 nitrogen and oxygen atoms in total. The van der Waals surface area contributed by atoms with Crippen molar-refractivity contribution in [1.29, 1.82) is 0 Å². The minimum absolute atomic E-state index is 0.113. The van der Waals surface area contributed by atoms with E-state index in [-0.39, 0.29) is 11.5 Å². The standard InChI is InChI=1S/C19H25F2N3O2/c1-14-4-2-3-7-24(14)18(25)13-22-8-10-23(11-9-22)19(26)16-6-5-15(20)12-17(16)21/h5-6,12,14H,2-4,7-11,13H2,1H3. The molecule has 2 aliphatic rings. The third kappa shape index (κ3) is 4.20. The highest BCUT2D eigenvalue weighted by Crippen LogP contribution is 2.18. The fourth-order valence-electron chi connectivity index (χ4n) is 3.69. The molecule has 7 heteroatoms. The Bertz CT molecular complexity index is 675. The van der Waals surface area contributed by atoms with Crippen LogP contribution in [0.15, 0.2) is 18.2 Å². The van der Waals surface area contributed by atoms with Crippen LogP contribution in [0.5, 0.6) is 0 Å². The fourth-order valence-corrected chi connectivity index (χ4v) is 3.69. The number of rotatable bonds is 3. The van der Waals surface area contributed by atoms with Gasteiger partial charge in [0.05, 0.1) is 12.1 Å². The highest BCUT2D eigenvalue weighted by atomic mass is 19.1. The Balaban J connectivity index is 1.52. The third-order valence-corrected chi connectivity index (χ3v) is 5.30. The first kappa shape index (κ1) is 18.8. The first-order chi connectivity index (χ1) is 12.5. The molecule has 0 radical (unpaired) electrons. The highest BCUT2D eigenvalue weighted by molar-refractivity contribution is 5.94. The molecule has 2 saturated heterocycles. The van der Waals surface area contributed by atoms with Gasteiger partial charge < -0.3 is 9.80 Å². The van der Waals surface area contributed by atoms with Crippen LogP contribution in [-0.2, 0) is 4.79 Å². The molecule has 1 aromatic rings. The van der Waals surface area contributed by atoms with Crippen molar-refractivity contribution in [2.24, 2.45) is 0 Å². The normalized spacial score (nSPS) is 21.7. The average Bonchev–Trinajstić information content (AvgIpc) is 2.62. The second-order valence-corrected chi connectivity index (χ2v) is 7.12. The van der Waals surface area contributed by atoms with Gasteiger partial charge in [0, 0.05) is 44.8 Å². The van der Waals surface area contributed by atoms with Crippen LogP contribution in [0.2, 0.25) is 0 Å². The molecule has 26 heavy (non-hydrogen) atoms. The van der Waals surface area contributed by atoms with Crippen molar-refractivity contribution in [3.63, 3.8) is 0 Å². The van der Waals surface area contributed by atoms with E-state index in [9.17, 15) is 18.4 Å². The molecule has 0 aliphatic carbocycles. The fraction of sp³-hybridized carbons (Fsp3) is 0.579. The van der Waals surface area contributed by atoms with Gasteiger partial charge in [0.15, 0.2) is 0 Å². The van der Waals surface area contributed by atoms with E-state index in [1.165, 1.54) is 12.5 Å². The lowest BCUT2D eigenvalue weighted by atomic mass is 10.0. The van der Waals surface area contributed by atoms with Crippen LogP contribution in [-0.4, -0.2) is 71.8 Å². The monoisotopic (exact) mass is 365 g/mol. The summed E-state index contributed by atoms with van der Waals surface area (Å²) in [7, 11) is 0. The van der Waals surface area contributed by atoms with E-state index in [0.717, 1.165) is 31.5 Å². The summed E-state index contributed by atoms with van der Waals surface area (Å²) in [5, 5.41) is 0. The Hall–Kier alpha value is -2.02. The predicted molar refractivity (Wildman–Crippen MR) is 93.7 cm³/mol. The first-order valence-electron chi connectivity index (χ1n) is 9.22. The predicted octanol–water partition coefficient (Wildman–Crippen LogP) is 2.12. The molecule has 0 saturated carbocycles. The molecule has 142 valence electrons. The summed E-state index contributed by atoms with van der Waals surface area (Å²) in [6, 6.07) is 3.29. The topological polar surface area (TPSA) is 43.9 Å². The Kier molecular flexibility index (Phi) is 5.86. The Morgan fingerprint density at radius 1 is 1.08 bits per heavy atom. The Morgan fingerprint density at radius 3 is 2.46 bits per heavy atom. The second-order valence-electron chi connectivity index (χ2n) is 7.12. The number of amides is 2. The van der Waals surface area contributed by atoms with E-state index in [1.807, 2.05) is 9.80 Å². The van der Waals surface area contributed by atoms with E-state index in [0.29, 0.717) is 38.8 Å². The molecular weight excluding hydrogens is 340 g/mol. The van der Waals surface area contributed by atoms with Gasteiger partial charge in [0.25, 0.3) is 5.91 Å². The maximum atomic E-state index is 13.8. The summed E-state index contributed by atoms with van der Waals surface area (Å²) < 4.78 is 26.8. The van der Waals surface area contributed by atoms with E-state index in [1.54, 1.807) is 4.90 Å². The average molecular weight is 365 g/mol. The van der Waals surface area contributed by atoms with Gasteiger partial charge in [-0.15, -0.1) is 0 Å². The molecule has 0 bridgehead atoms. The number of piperazine rings is 1. The van der Waals surface area contributed by atoms with E-state index in [2.05, 4.69) is 6.92 Å². The van der Waals surface area contributed by atoms with Gasteiger partial charge in [-0.3, -0.25) is 14.5 Å². The van der Waals surface area contributed by atoms with Gasteiger partial charge in [-0.1, -0.05) is 0 Å². The maximum Gasteiger partial charge on any atom is 0.256 e. The molecule has 2 heterocycles. The van der Waals surface area contributed by atoms with Gasteiger partial charge in [-0.2, -0.15) is 0 Å². The minimum atomic E-state index is -0.841. The van der Waals surface area contributed by atoms with Crippen molar-refractivity contribution in [1.82, 2.24) is 14.7 Å². The van der Waals surface area contributed by atoms with Crippen molar-refractivity contribution >= 4 is 11.8 Å².